The second-order valence-corrected chi connectivity index (χ2v) is 6.41. The molecule has 0 aliphatic rings. The van der Waals surface area contributed by atoms with Gasteiger partial charge in [0.15, 0.2) is 0 Å². The van der Waals surface area contributed by atoms with Crippen LogP contribution in [0.15, 0.2) is 33.5 Å². The minimum Gasteiger partial charge on any atom is -0.497 e. The first kappa shape index (κ1) is 16.1. The van der Waals surface area contributed by atoms with Gasteiger partial charge in [-0.05, 0) is 24.3 Å². The quantitative estimate of drug-likeness (QED) is 0.730. The normalized spacial score (nSPS) is 11.0. The van der Waals surface area contributed by atoms with E-state index in [1.165, 1.54) is 24.5 Å². The molecule has 0 radical (unpaired) electrons. The summed E-state index contributed by atoms with van der Waals surface area (Å²) in [5, 5.41) is 12.2. The van der Waals surface area contributed by atoms with Gasteiger partial charge in [-0.2, -0.15) is 0 Å². The number of methoxy groups -OCH3 is 1. The number of aromatic nitrogens is 2. The molecule has 0 saturated heterocycles. The summed E-state index contributed by atoms with van der Waals surface area (Å²) in [6.07, 6.45) is 0. The minimum atomic E-state index is -0.709. The SMILES string of the molecule is COc1ccc2oc(=O)c(C(=O)Nc3nnc(C(C)C)s3)cc2c1. The van der Waals surface area contributed by atoms with Gasteiger partial charge in [-0.15, -0.1) is 10.2 Å². The Labute approximate surface area is 141 Å². The molecule has 0 fully saturated rings. The van der Waals surface area contributed by atoms with Gasteiger partial charge < -0.3 is 9.15 Å². The van der Waals surface area contributed by atoms with Crippen LogP contribution < -0.4 is 15.7 Å². The average molecular weight is 345 g/mol. The molecule has 8 heteroatoms. The highest BCUT2D eigenvalue weighted by molar-refractivity contribution is 7.15. The molecule has 1 N–H and O–H groups in total. The van der Waals surface area contributed by atoms with Gasteiger partial charge in [0, 0.05) is 11.3 Å². The van der Waals surface area contributed by atoms with Crippen molar-refractivity contribution in [3.8, 4) is 5.75 Å². The topological polar surface area (TPSA) is 94.3 Å². The molecule has 1 aromatic carbocycles. The van der Waals surface area contributed by atoms with E-state index >= 15 is 0 Å². The lowest BCUT2D eigenvalue weighted by Gasteiger charge is -2.04. The Kier molecular flexibility index (Phi) is 4.30. The van der Waals surface area contributed by atoms with E-state index in [1.54, 1.807) is 18.2 Å². The van der Waals surface area contributed by atoms with Gasteiger partial charge in [-0.3, -0.25) is 10.1 Å². The lowest BCUT2D eigenvalue weighted by Crippen LogP contribution is -2.20. The van der Waals surface area contributed by atoms with Crippen molar-refractivity contribution in [2.45, 2.75) is 19.8 Å². The van der Waals surface area contributed by atoms with Gasteiger partial charge in [0.1, 0.15) is 21.9 Å². The summed E-state index contributed by atoms with van der Waals surface area (Å²) in [7, 11) is 1.54. The Bertz CT molecular complexity index is 961. The second kappa shape index (κ2) is 6.40. The predicted molar refractivity (Wildman–Crippen MR) is 91.0 cm³/mol. The number of carbonyl (C=O) groups excluding carboxylic acids is 1. The molecule has 1 amide bonds. The first-order valence-corrected chi connectivity index (χ1v) is 8.06. The molecule has 3 aromatic rings. The molecule has 0 aliphatic carbocycles. The number of nitrogens with zero attached hydrogens (tertiary/aromatic N) is 2. The summed E-state index contributed by atoms with van der Waals surface area (Å²) in [6.45, 7) is 3.97. The molecule has 0 spiro atoms. The summed E-state index contributed by atoms with van der Waals surface area (Å²) >= 11 is 1.27. The van der Waals surface area contributed by atoms with Crippen molar-refractivity contribution in [1.82, 2.24) is 10.2 Å². The van der Waals surface area contributed by atoms with E-state index in [0.717, 1.165) is 5.01 Å². The Balaban J connectivity index is 1.93. The van der Waals surface area contributed by atoms with Crippen LogP contribution in [0.3, 0.4) is 0 Å². The molecule has 0 atom stereocenters. The number of rotatable bonds is 4. The van der Waals surface area contributed by atoms with Crippen molar-refractivity contribution in [3.63, 3.8) is 0 Å². The van der Waals surface area contributed by atoms with Gasteiger partial charge in [0.25, 0.3) is 5.91 Å². The van der Waals surface area contributed by atoms with Crippen LogP contribution in [0.5, 0.6) is 5.75 Å². The van der Waals surface area contributed by atoms with E-state index in [0.29, 0.717) is 21.9 Å². The van der Waals surface area contributed by atoms with Crippen LogP contribution in [-0.4, -0.2) is 23.2 Å². The van der Waals surface area contributed by atoms with Gasteiger partial charge in [0.2, 0.25) is 5.13 Å². The lowest BCUT2D eigenvalue weighted by molar-refractivity contribution is 0.102. The molecule has 2 heterocycles. The largest absolute Gasteiger partial charge is 0.497 e. The monoisotopic (exact) mass is 345 g/mol. The summed E-state index contributed by atoms with van der Waals surface area (Å²) in [5.41, 5.74) is -0.425. The fourth-order valence-corrected chi connectivity index (χ4v) is 2.81. The number of hydrogen-bond acceptors (Lipinski definition) is 7. The van der Waals surface area contributed by atoms with Gasteiger partial charge in [-0.25, -0.2) is 4.79 Å². The Morgan fingerprint density at radius 1 is 1.29 bits per heavy atom. The van der Waals surface area contributed by atoms with Crippen molar-refractivity contribution < 1.29 is 13.9 Å². The van der Waals surface area contributed by atoms with Crippen LogP contribution in [0.1, 0.15) is 35.1 Å². The van der Waals surface area contributed by atoms with Crippen molar-refractivity contribution in [3.05, 3.63) is 45.3 Å². The van der Waals surface area contributed by atoms with Gasteiger partial charge >= 0.3 is 5.63 Å². The molecule has 0 saturated carbocycles. The second-order valence-electron chi connectivity index (χ2n) is 5.41. The molecule has 0 unspecified atom stereocenters. The Morgan fingerprint density at radius 3 is 2.75 bits per heavy atom. The van der Waals surface area contributed by atoms with Gasteiger partial charge in [0.05, 0.1) is 7.11 Å². The number of ether oxygens (including phenoxy) is 1. The van der Waals surface area contributed by atoms with Crippen LogP contribution in [-0.2, 0) is 0 Å². The van der Waals surface area contributed by atoms with Crippen molar-refractivity contribution in [2.75, 3.05) is 12.4 Å². The third-order valence-corrected chi connectivity index (χ3v) is 4.48. The number of amides is 1. The number of fused-ring (bicyclic) bond motifs is 1. The molecule has 0 aliphatic heterocycles. The van der Waals surface area contributed by atoms with E-state index in [2.05, 4.69) is 15.5 Å². The fourth-order valence-electron chi connectivity index (χ4n) is 2.07. The maximum Gasteiger partial charge on any atom is 0.349 e. The van der Waals surface area contributed by atoms with Crippen LogP contribution >= 0.6 is 11.3 Å². The highest BCUT2D eigenvalue weighted by atomic mass is 32.1. The van der Waals surface area contributed by atoms with Crippen LogP contribution in [0.2, 0.25) is 0 Å². The maximum absolute atomic E-state index is 12.3. The summed E-state index contributed by atoms with van der Waals surface area (Å²) in [4.78, 5) is 24.4. The zero-order valence-corrected chi connectivity index (χ0v) is 14.1. The number of carbonyl (C=O) groups is 1. The molecule has 7 nitrogen and oxygen atoms in total. The number of nitrogens with one attached hydrogen (secondary N) is 1. The smallest absolute Gasteiger partial charge is 0.349 e. The highest BCUT2D eigenvalue weighted by Crippen LogP contribution is 2.23. The van der Waals surface area contributed by atoms with E-state index in [-0.39, 0.29) is 11.5 Å². The zero-order valence-electron chi connectivity index (χ0n) is 13.3. The molecular weight excluding hydrogens is 330 g/mol. The summed E-state index contributed by atoms with van der Waals surface area (Å²) in [5.74, 6) is 0.236. The zero-order chi connectivity index (χ0) is 17.3. The van der Waals surface area contributed by atoms with Gasteiger partial charge in [-0.1, -0.05) is 25.2 Å². The van der Waals surface area contributed by atoms with Crippen LogP contribution in [0.4, 0.5) is 5.13 Å². The number of benzene rings is 1. The first-order valence-electron chi connectivity index (χ1n) is 7.24. The van der Waals surface area contributed by atoms with Crippen molar-refractivity contribution in [1.29, 1.82) is 0 Å². The standard InChI is InChI=1S/C16H15N3O4S/c1-8(2)14-18-19-16(24-14)17-13(20)11-7-9-6-10(22-3)4-5-12(9)23-15(11)21/h4-8H,1-3H3,(H,17,19,20). The fraction of sp³-hybridized carbons (Fsp3) is 0.250. The third-order valence-electron chi connectivity index (χ3n) is 3.34. The Hall–Kier alpha value is -2.74. The van der Waals surface area contributed by atoms with E-state index < -0.39 is 11.5 Å². The molecule has 2 aromatic heterocycles. The van der Waals surface area contributed by atoms with E-state index in [1.807, 2.05) is 13.8 Å². The summed E-state index contributed by atoms with van der Waals surface area (Å²) < 4.78 is 10.3. The average Bonchev–Trinajstić information content (AvgIpc) is 3.02. The Morgan fingerprint density at radius 2 is 2.08 bits per heavy atom. The predicted octanol–water partition coefficient (Wildman–Crippen LogP) is 3.03. The highest BCUT2D eigenvalue weighted by Gasteiger charge is 2.17. The van der Waals surface area contributed by atoms with Crippen LogP contribution in [0, 0.1) is 0 Å². The van der Waals surface area contributed by atoms with Crippen LogP contribution in [0.25, 0.3) is 11.0 Å². The maximum atomic E-state index is 12.3. The third kappa shape index (κ3) is 3.13. The van der Waals surface area contributed by atoms with Crippen molar-refractivity contribution in [2.24, 2.45) is 0 Å². The molecule has 3 rings (SSSR count). The number of hydrogen-bond donors (Lipinski definition) is 1. The van der Waals surface area contributed by atoms with E-state index in [4.69, 9.17) is 9.15 Å². The first-order chi connectivity index (χ1) is 11.5. The number of anilines is 1. The molecule has 24 heavy (non-hydrogen) atoms. The summed E-state index contributed by atoms with van der Waals surface area (Å²) in [6, 6.07) is 6.47. The molecular formula is C16H15N3O4S. The molecule has 0 bridgehead atoms. The molecule has 124 valence electrons. The van der Waals surface area contributed by atoms with E-state index in [9.17, 15) is 9.59 Å². The van der Waals surface area contributed by atoms with Crippen molar-refractivity contribution >= 4 is 33.3 Å². The minimum absolute atomic E-state index is 0.1000. The lowest BCUT2D eigenvalue weighted by atomic mass is 10.1.